The van der Waals surface area contributed by atoms with Crippen LogP contribution in [0.2, 0.25) is 0 Å². The molecule has 35 heavy (non-hydrogen) atoms. The second-order valence-corrected chi connectivity index (χ2v) is 8.46. The first-order valence-corrected chi connectivity index (χ1v) is 11.6. The van der Waals surface area contributed by atoms with E-state index in [-0.39, 0.29) is 5.91 Å². The van der Waals surface area contributed by atoms with Gasteiger partial charge in [-0.15, -0.1) is 0 Å². The van der Waals surface area contributed by atoms with Crippen LogP contribution in [0.25, 0.3) is 11.3 Å². The molecule has 4 aromatic rings. The zero-order chi connectivity index (χ0) is 24.0. The second kappa shape index (κ2) is 10.4. The summed E-state index contributed by atoms with van der Waals surface area (Å²) in [6.07, 6.45) is 1.55. The number of nitrogens with zero attached hydrogens (tertiary/aromatic N) is 3. The fourth-order valence-corrected chi connectivity index (χ4v) is 4.02. The fourth-order valence-electron chi connectivity index (χ4n) is 4.02. The molecule has 2 heterocycles. The fraction of sp³-hybridized carbons (Fsp3) is 0.179. The van der Waals surface area contributed by atoms with Crippen LogP contribution in [0.4, 0.5) is 22.9 Å². The molecule has 7 heteroatoms. The van der Waals surface area contributed by atoms with Crippen molar-refractivity contribution in [3.05, 3.63) is 96.3 Å². The Morgan fingerprint density at radius 2 is 1.63 bits per heavy atom. The van der Waals surface area contributed by atoms with Crippen molar-refractivity contribution in [2.75, 3.05) is 41.8 Å². The van der Waals surface area contributed by atoms with Crippen molar-refractivity contribution in [1.29, 1.82) is 0 Å². The Balaban J connectivity index is 1.21. The number of aryl methyl sites for hydroxylation is 1. The molecule has 0 radical (unpaired) electrons. The maximum atomic E-state index is 12.7. The van der Waals surface area contributed by atoms with Crippen LogP contribution >= 0.6 is 0 Å². The summed E-state index contributed by atoms with van der Waals surface area (Å²) in [4.78, 5) is 23.7. The number of carbonyl (C=O) groups is 1. The first kappa shape index (κ1) is 22.6. The van der Waals surface area contributed by atoms with Crippen molar-refractivity contribution < 1.29 is 9.53 Å². The van der Waals surface area contributed by atoms with Crippen molar-refractivity contribution >= 4 is 28.8 Å². The molecule has 7 nitrogen and oxygen atoms in total. The average Bonchev–Trinajstić information content (AvgIpc) is 2.90. The van der Waals surface area contributed by atoms with Crippen molar-refractivity contribution in [2.24, 2.45) is 0 Å². The third-order valence-electron chi connectivity index (χ3n) is 5.90. The molecular formula is C28H27N5O2. The van der Waals surface area contributed by atoms with Crippen molar-refractivity contribution in [3.8, 4) is 11.3 Å². The number of benzene rings is 3. The lowest BCUT2D eigenvalue weighted by Gasteiger charge is -2.28. The van der Waals surface area contributed by atoms with Crippen LogP contribution in [0.3, 0.4) is 0 Å². The van der Waals surface area contributed by atoms with Crippen LogP contribution in [0.15, 0.2) is 85.2 Å². The molecule has 176 valence electrons. The quantitative estimate of drug-likeness (QED) is 0.403. The highest BCUT2D eigenvalue weighted by atomic mass is 16.5. The third kappa shape index (κ3) is 5.65. The van der Waals surface area contributed by atoms with Crippen molar-refractivity contribution in [1.82, 2.24) is 9.97 Å². The van der Waals surface area contributed by atoms with Crippen LogP contribution in [-0.4, -0.2) is 42.2 Å². The number of carbonyl (C=O) groups excluding carboxylic acids is 1. The van der Waals surface area contributed by atoms with Gasteiger partial charge in [0.15, 0.2) is 0 Å². The smallest absolute Gasteiger partial charge is 0.255 e. The van der Waals surface area contributed by atoms with Gasteiger partial charge in [-0.2, -0.15) is 0 Å². The Labute approximate surface area is 204 Å². The van der Waals surface area contributed by atoms with E-state index in [0.29, 0.717) is 11.4 Å². The molecule has 5 rings (SSSR count). The molecule has 3 aromatic carbocycles. The van der Waals surface area contributed by atoms with E-state index in [2.05, 4.69) is 44.6 Å². The Morgan fingerprint density at radius 1 is 0.886 bits per heavy atom. The Morgan fingerprint density at radius 3 is 2.37 bits per heavy atom. The summed E-state index contributed by atoms with van der Waals surface area (Å²) in [7, 11) is 0. The molecule has 1 fully saturated rings. The van der Waals surface area contributed by atoms with E-state index in [9.17, 15) is 4.79 Å². The van der Waals surface area contributed by atoms with Gasteiger partial charge in [-0.05, 0) is 61.5 Å². The second-order valence-electron chi connectivity index (χ2n) is 8.46. The van der Waals surface area contributed by atoms with E-state index in [0.717, 1.165) is 54.6 Å². The standard InChI is InChI=1S/C28H27N5O2/c1-20-3-2-4-22(17-20)26-18-27(30-19-29-26)31-23-7-5-21(6-8-23)28(34)32-24-9-11-25(12-10-24)33-13-15-35-16-14-33/h2-12,17-19H,13-16H2,1H3,(H,32,34)(H,29,30,31). The van der Waals surface area contributed by atoms with E-state index in [1.54, 1.807) is 18.5 Å². The number of nitrogens with one attached hydrogen (secondary N) is 2. The van der Waals surface area contributed by atoms with Crippen LogP contribution in [0.1, 0.15) is 15.9 Å². The molecule has 0 saturated carbocycles. The van der Waals surface area contributed by atoms with Crippen molar-refractivity contribution in [3.63, 3.8) is 0 Å². The Hall–Kier alpha value is -4.23. The minimum Gasteiger partial charge on any atom is -0.378 e. The topological polar surface area (TPSA) is 79.4 Å². The summed E-state index contributed by atoms with van der Waals surface area (Å²) in [6.45, 7) is 5.31. The predicted molar refractivity (Wildman–Crippen MR) is 139 cm³/mol. The minimum atomic E-state index is -0.153. The van der Waals surface area contributed by atoms with E-state index in [1.165, 1.54) is 5.56 Å². The highest BCUT2D eigenvalue weighted by molar-refractivity contribution is 6.04. The largest absolute Gasteiger partial charge is 0.378 e. The van der Waals surface area contributed by atoms with Gasteiger partial charge in [-0.3, -0.25) is 4.79 Å². The molecule has 1 aliphatic rings. The van der Waals surface area contributed by atoms with Crippen molar-refractivity contribution in [2.45, 2.75) is 6.92 Å². The molecule has 1 amide bonds. The molecule has 2 N–H and O–H groups in total. The number of hydrogen-bond acceptors (Lipinski definition) is 6. The first-order chi connectivity index (χ1) is 17.1. The lowest BCUT2D eigenvalue weighted by Crippen LogP contribution is -2.36. The van der Waals surface area contributed by atoms with E-state index in [1.807, 2.05) is 54.6 Å². The van der Waals surface area contributed by atoms with E-state index in [4.69, 9.17) is 4.74 Å². The average molecular weight is 466 g/mol. The summed E-state index contributed by atoms with van der Waals surface area (Å²) in [6, 6.07) is 25.3. The maximum Gasteiger partial charge on any atom is 0.255 e. The Kier molecular flexibility index (Phi) is 6.68. The Bertz CT molecular complexity index is 1300. The zero-order valence-electron chi connectivity index (χ0n) is 19.6. The number of morpholine rings is 1. The number of rotatable bonds is 6. The van der Waals surface area contributed by atoms with Gasteiger partial charge in [0.2, 0.25) is 0 Å². The molecule has 1 aliphatic heterocycles. The van der Waals surface area contributed by atoms with Crippen LogP contribution in [0.5, 0.6) is 0 Å². The van der Waals surface area contributed by atoms with Crippen LogP contribution in [-0.2, 0) is 4.74 Å². The number of aromatic nitrogens is 2. The van der Waals surface area contributed by atoms with Gasteiger partial charge in [0.25, 0.3) is 5.91 Å². The molecular weight excluding hydrogens is 438 g/mol. The molecule has 0 aliphatic carbocycles. The van der Waals surface area contributed by atoms with Gasteiger partial charge in [0, 0.05) is 47.3 Å². The predicted octanol–water partition coefficient (Wildman–Crippen LogP) is 5.28. The van der Waals surface area contributed by atoms with Gasteiger partial charge in [-0.1, -0.05) is 23.8 Å². The number of hydrogen-bond donors (Lipinski definition) is 2. The van der Waals surface area contributed by atoms with Gasteiger partial charge < -0.3 is 20.3 Å². The lowest BCUT2D eigenvalue weighted by molar-refractivity contribution is 0.102. The third-order valence-corrected chi connectivity index (χ3v) is 5.90. The summed E-state index contributed by atoms with van der Waals surface area (Å²) in [5.74, 6) is 0.536. The SMILES string of the molecule is Cc1cccc(-c2cc(Nc3ccc(C(=O)Nc4ccc(N5CCOCC5)cc4)cc3)ncn2)c1. The van der Waals surface area contributed by atoms with Gasteiger partial charge in [0.05, 0.1) is 18.9 Å². The summed E-state index contributed by atoms with van der Waals surface area (Å²) >= 11 is 0. The van der Waals surface area contributed by atoms with E-state index < -0.39 is 0 Å². The summed E-state index contributed by atoms with van der Waals surface area (Å²) < 4.78 is 5.41. The number of anilines is 4. The molecule has 0 bridgehead atoms. The van der Waals surface area contributed by atoms with Gasteiger partial charge in [0.1, 0.15) is 12.1 Å². The normalized spacial score (nSPS) is 13.3. The lowest BCUT2D eigenvalue weighted by atomic mass is 10.1. The molecule has 0 atom stereocenters. The summed E-state index contributed by atoms with van der Waals surface area (Å²) in [5.41, 5.74) is 6.39. The summed E-state index contributed by atoms with van der Waals surface area (Å²) in [5, 5.41) is 6.25. The van der Waals surface area contributed by atoms with Gasteiger partial charge >= 0.3 is 0 Å². The first-order valence-electron chi connectivity index (χ1n) is 11.6. The van der Waals surface area contributed by atoms with Gasteiger partial charge in [-0.25, -0.2) is 9.97 Å². The molecule has 0 spiro atoms. The molecule has 0 unspecified atom stereocenters. The van der Waals surface area contributed by atoms with Crippen LogP contribution < -0.4 is 15.5 Å². The molecule has 1 aromatic heterocycles. The van der Waals surface area contributed by atoms with Crippen LogP contribution in [0, 0.1) is 6.92 Å². The minimum absolute atomic E-state index is 0.153. The highest BCUT2D eigenvalue weighted by Crippen LogP contribution is 2.23. The molecule has 1 saturated heterocycles. The highest BCUT2D eigenvalue weighted by Gasteiger charge is 2.12. The van der Waals surface area contributed by atoms with E-state index >= 15 is 0 Å². The number of amides is 1. The maximum absolute atomic E-state index is 12.7. The number of ether oxygens (including phenoxy) is 1. The monoisotopic (exact) mass is 465 g/mol. The zero-order valence-corrected chi connectivity index (χ0v) is 19.6.